The standard InChI is InChI=1S/C17H21BrN2O2/c18-11-4-5-14-13(8-11)16-12(15(9-21)19-14)6-7-20(16)17(22)10-2-1-3-10/h4-5,8,10,12,15-16,19,21H,1-3,6-7,9H2/t12-,15+,16-/m0/s1. The average Bonchev–Trinajstić information content (AvgIpc) is 2.90. The highest BCUT2D eigenvalue weighted by atomic mass is 79.9. The molecule has 1 aromatic carbocycles. The number of carbonyl (C=O) groups is 1. The topological polar surface area (TPSA) is 52.6 Å². The third-order valence-corrected chi connectivity index (χ3v) is 6.06. The van der Waals surface area contributed by atoms with Crippen molar-refractivity contribution >= 4 is 27.5 Å². The zero-order valence-corrected chi connectivity index (χ0v) is 14.1. The van der Waals surface area contributed by atoms with Gasteiger partial charge in [-0.05, 0) is 43.0 Å². The first kappa shape index (κ1) is 14.5. The molecule has 1 amide bonds. The van der Waals surface area contributed by atoms with Gasteiger partial charge in [0.05, 0.1) is 18.7 Å². The maximum atomic E-state index is 12.8. The fraction of sp³-hybridized carbons (Fsp3) is 0.588. The van der Waals surface area contributed by atoms with Crippen molar-refractivity contribution in [2.45, 2.75) is 37.8 Å². The molecule has 1 saturated carbocycles. The molecule has 4 nitrogen and oxygen atoms in total. The summed E-state index contributed by atoms with van der Waals surface area (Å²) in [5.41, 5.74) is 2.24. The molecule has 5 heteroatoms. The first-order valence-corrected chi connectivity index (χ1v) is 8.95. The van der Waals surface area contributed by atoms with E-state index in [-0.39, 0.29) is 24.6 Å². The van der Waals surface area contributed by atoms with Crippen LogP contribution in [-0.2, 0) is 4.79 Å². The smallest absolute Gasteiger partial charge is 0.226 e. The Hall–Kier alpha value is -1.07. The first-order valence-electron chi connectivity index (χ1n) is 8.16. The third kappa shape index (κ3) is 2.17. The Morgan fingerprint density at radius 1 is 1.36 bits per heavy atom. The Bertz CT molecular complexity index is 602. The molecule has 118 valence electrons. The summed E-state index contributed by atoms with van der Waals surface area (Å²) in [4.78, 5) is 14.9. The predicted molar refractivity (Wildman–Crippen MR) is 88.5 cm³/mol. The van der Waals surface area contributed by atoms with Crippen molar-refractivity contribution in [3.05, 3.63) is 28.2 Å². The molecule has 0 aromatic heterocycles. The number of likely N-dealkylation sites (tertiary alicyclic amines) is 1. The largest absolute Gasteiger partial charge is 0.394 e. The van der Waals surface area contributed by atoms with E-state index in [0.29, 0.717) is 11.8 Å². The van der Waals surface area contributed by atoms with Crippen LogP contribution in [0.25, 0.3) is 0 Å². The minimum atomic E-state index is 0.0397. The van der Waals surface area contributed by atoms with Crippen LogP contribution in [0.2, 0.25) is 0 Å². The van der Waals surface area contributed by atoms with Gasteiger partial charge in [0, 0.05) is 28.5 Å². The normalized spacial score (nSPS) is 30.3. The lowest BCUT2D eigenvalue weighted by molar-refractivity contribution is -0.139. The maximum Gasteiger partial charge on any atom is 0.226 e. The predicted octanol–water partition coefficient (Wildman–Crippen LogP) is 2.93. The fourth-order valence-corrected chi connectivity index (χ4v) is 4.55. The quantitative estimate of drug-likeness (QED) is 0.848. The minimum Gasteiger partial charge on any atom is -0.394 e. The maximum absolute atomic E-state index is 12.8. The van der Waals surface area contributed by atoms with E-state index in [9.17, 15) is 9.90 Å². The second-order valence-electron chi connectivity index (χ2n) is 6.72. The molecular formula is C17H21BrN2O2. The molecule has 0 bridgehead atoms. The zero-order chi connectivity index (χ0) is 15.3. The van der Waals surface area contributed by atoms with Crippen molar-refractivity contribution in [3.8, 4) is 0 Å². The van der Waals surface area contributed by atoms with Crippen molar-refractivity contribution < 1.29 is 9.90 Å². The SMILES string of the molecule is O=C(C1CCC1)N1CC[C@@H]2[C@H]1c1cc(Br)ccc1N[C@@H]2CO. The first-order chi connectivity index (χ1) is 10.7. The summed E-state index contributed by atoms with van der Waals surface area (Å²) in [6.45, 7) is 0.928. The molecule has 3 aliphatic rings. The zero-order valence-electron chi connectivity index (χ0n) is 12.5. The van der Waals surface area contributed by atoms with Crippen LogP contribution in [0.15, 0.2) is 22.7 Å². The highest BCUT2D eigenvalue weighted by Crippen LogP contribution is 2.48. The van der Waals surface area contributed by atoms with E-state index in [1.807, 2.05) is 12.1 Å². The number of anilines is 1. The van der Waals surface area contributed by atoms with Gasteiger partial charge < -0.3 is 15.3 Å². The highest BCUT2D eigenvalue weighted by molar-refractivity contribution is 9.10. The summed E-state index contributed by atoms with van der Waals surface area (Å²) in [5.74, 6) is 0.857. The van der Waals surface area contributed by atoms with E-state index >= 15 is 0 Å². The molecule has 1 saturated heterocycles. The summed E-state index contributed by atoms with van der Waals surface area (Å²) < 4.78 is 1.04. The number of fused-ring (bicyclic) bond motifs is 3. The minimum absolute atomic E-state index is 0.0397. The van der Waals surface area contributed by atoms with Gasteiger partial charge in [0.15, 0.2) is 0 Å². The highest BCUT2D eigenvalue weighted by Gasteiger charge is 2.47. The molecule has 0 radical (unpaired) electrons. The second-order valence-corrected chi connectivity index (χ2v) is 7.64. The van der Waals surface area contributed by atoms with E-state index in [0.717, 1.165) is 36.0 Å². The Labute approximate surface area is 139 Å². The van der Waals surface area contributed by atoms with Crippen LogP contribution >= 0.6 is 15.9 Å². The summed E-state index contributed by atoms with van der Waals surface area (Å²) in [6.07, 6.45) is 4.23. The van der Waals surface area contributed by atoms with E-state index in [1.165, 1.54) is 12.0 Å². The van der Waals surface area contributed by atoms with Crippen molar-refractivity contribution in [1.82, 2.24) is 4.90 Å². The van der Waals surface area contributed by atoms with Crippen molar-refractivity contribution in [3.63, 3.8) is 0 Å². The Morgan fingerprint density at radius 3 is 2.86 bits per heavy atom. The third-order valence-electron chi connectivity index (χ3n) is 5.57. The molecule has 4 rings (SSSR count). The molecule has 3 atom stereocenters. The fourth-order valence-electron chi connectivity index (χ4n) is 4.17. The Kier molecular flexibility index (Phi) is 3.65. The van der Waals surface area contributed by atoms with Crippen LogP contribution in [0.4, 0.5) is 5.69 Å². The van der Waals surface area contributed by atoms with Crippen LogP contribution in [0.5, 0.6) is 0 Å². The number of aliphatic hydroxyl groups is 1. The van der Waals surface area contributed by atoms with Gasteiger partial charge in [-0.15, -0.1) is 0 Å². The van der Waals surface area contributed by atoms with Gasteiger partial charge in [-0.2, -0.15) is 0 Å². The molecule has 2 N–H and O–H groups in total. The van der Waals surface area contributed by atoms with Gasteiger partial charge in [0.1, 0.15) is 0 Å². The molecule has 2 fully saturated rings. The Balaban J connectivity index is 1.72. The molecule has 2 aliphatic heterocycles. The van der Waals surface area contributed by atoms with Crippen LogP contribution in [0, 0.1) is 11.8 Å². The van der Waals surface area contributed by atoms with Gasteiger partial charge in [-0.3, -0.25) is 4.79 Å². The van der Waals surface area contributed by atoms with Gasteiger partial charge in [0.25, 0.3) is 0 Å². The lowest BCUT2D eigenvalue weighted by atomic mass is 9.81. The molecule has 1 aromatic rings. The molecule has 1 aliphatic carbocycles. The van der Waals surface area contributed by atoms with Crippen molar-refractivity contribution in [2.75, 3.05) is 18.5 Å². The summed E-state index contributed by atoms with van der Waals surface area (Å²) in [6, 6.07) is 6.33. The van der Waals surface area contributed by atoms with Gasteiger partial charge in [0.2, 0.25) is 5.91 Å². The average molecular weight is 365 g/mol. The number of hydrogen-bond donors (Lipinski definition) is 2. The number of amides is 1. The molecular weight excluding hydrogens is 344 g/mol. The number of carbonyl (C=O) groups excluding carboxylic acids is 1. The molecule has 22 heavy (non-hydrogen) atoms. The molecule has 0 spiro atoms. The molecule has 0 unspecified atom stereocenters. The molecule has 2 heterocycles. The summed E-state index contributed by atoms with van der Waals surface area (Å²) in [7, 11) is 0. The van der Waals surface area contributed by atoms with Crippen LogP contribution in [0.1, 0.15) is 37.3 Å². The van der Waals surface area contributed by atoms with Crippen molar-refractivity contribution in [2.24, 2.45) is 11.8 Å². The lowest BCUT2D eigenvalue weighted by Crippen LogP contribution is -2.45. The van der Waals surface area contributed by atoms with E-state index in [4.69, 9.17) is 0 Å². The van der Waals surface area contributed by atoms with Gasteiger partial charge in [-0.1, -0.05) is 22.4 Å². The van der Waals surface area contributed by atoms with Crippen LogP contribution < -0.4 is 5.32 Å². The number of halogens is 1. The van der Waals surface area contributed by atoms with Gasteiger partial charge >= 0.3 is 0 Å². The monoisotopic (exact) mass is 364 g/mol. The van der Waals surface area contributed by atoms with Crippen LogP contribution in [-0.4, -0.2) is 35.1 Å². The second kappa shape index (κ2) is 5.53. The number of hydrogen-bond acceptors (Lipinski definition) is 3. The van der Waals surface area contributed by atoms with E-state index < -0.39 is 0 Å². The van der Waals surface area contributed by atoms with Crippen LogP contribution in [0.3, 0.4) is 0 Å². The Morgan fingerprint density at radius 2 is 2.18 bits per heavy atom. The number of rotatable bonds is 2. The number of nitrogens with one attached hydrogen (secondary N) is 1. The van der Waals surface area contributed by atoms with E-state index in [1.54, 1.807) is 0 Å². The number of aliphatic hydroxyl groups excluding tert-OH is 1. The summed E-state index contributed by atoms with van der Waals surface area (Å²) >= 11 is 3.55. The summed E-state index contributed by atoms with van der Waals surface area (Å²) in [5, 5.41) is 13.2. The number of benzene rings is 1. The number of nitrogens with zero attached hydrogens (tertiary/aromatic N) is 1. The van der Waals surface area contributed by atoms with Crippen molar-refractivity contribution in [1.29, 1.82) is 0 Å². The van der Waals surface area contributed by atoms with Gasteiger partial charge in [-0.25, -0.2) is 0 Å². The lowest BCUT2D eigenvalue weighted by Gasteiger charge is -2.41. The van der Waals surface area contributed by atoms with E-state index in [2.05, 4.69) is 32.2 Å².